The normalized spacial score (nSPS) is 10.7. The number of para-hydroxylation sites is 1. The van der Waals surface area contributed by atoms with Gasteiger partial charge in [0.2, 0.25) is 0 Å². The van der Waals surface area contributed by atoms with Crippen LogP contribution in [0.4, 0.5) is 5.82 Å². The van der Waals surface area contributed by atoms with Crippen LogP contribution in [0.5, 0.6) is 0 Å². The van der Waals surface area contributed by atoms with Gasteiger partial charge in [-0.1, -0.05) is 36.4 Å². The van der Waals surface area contributed by atoms with Crippen LogP contribution in [-0.2, 0) is 4.74 Å². The molecule has 7 nitrogen and oxygen atoms in total. The molecule has 30 heavy (non-hydrogen) atoms. The maximum atomic E-state index is 12.8. The molecule has 0 bridgehead atoms. The number of amides is 1. The summed E-state index contributed by atoms with van der Waals surface area (Å²) in [6.07, 6.45) is 1.38. The Morgan fingerprint density at radius 1 is 1.07 bits per heavy atom. The highest BCUT2D eigenvalue weighted by molar-refractivity contribution is 6.07. The van der Waals surface area contributed by atoms with Crippen molar-refractivity contribution in [1.29, 1.82) is 0 Å². The fourth-order valence-electron chi connectivity index (χ4n) is 3.21. The lowest BCUT2D eigenvalue weighted by molar-refractivity contribution is 0.0527. The van der Waals surface area contributed by atoms with Gasteiger partial charge in [-0.3, -0.25) is 4.79 Å². The van der Waals surface area contributed by atoms with Crippen LogP contribution in [0, 0.1) is 6.92 Å². The van der Waals surface area contributed by atoms with E-state index in [1.165, 1.54) is 10.9 Å². The summed E-state index contributed by atoms with van der Waals surface area (Å²) in [5.74, 6) is -0.223. The highest BCUT2D eigenvalue weighted by atomic mass is 16.5. The average Bonchev–Trinajstić information content (AvgIpc) is 3.18. The molecule has 0 aliphatic carbocycles. The fraction of sp³-hybridized carbons (Fsp3) is 0.130. The SMILES string of the molecule is CCOC(=O)c1cnn(-c2cc(C)c3ccccc3n2)c1NC(=O)c1ccccc1. The van der Waals surface area contributed by atoms with Crippen molar-refractivity contribution >= 4 is 28.6 Å². The highest BCUT2D eigenvalue weighted by Crippen LogP contribution is 2.25. The summed E-state index contributed by atoms with van der Waals surface area (Å²) in [7, 11) is 0. The van der Waals surface area contributed by atoms with Gasteiger partial charge in [-0.05, 0) is 43.7 Å². The summed E-state index contributed by atoms with van der Waals surface area (Å²) in [6.45, 7) is 3.91. The van der Waals surface area contributed by atoms with Crippen LogP contribution >= 0.6 is 0 Å². The second kappa shape index (κ2) is 8.16. The molecule has 2 aromatic carbocycles. The van der Waals surface area contributed by atoms with Gasteiger partial charge in [-0.25, -0.2) is 9.78 Å². The summed E-state index contributed by atoms with van der Waals surface area (Å²) in [5, 5.41) is 8.15. The maximum absolute atomic E-state index is 12.8. The molecule has 4 aromatic rings. The predicted molar refractivity (Wildman–Crippen MR) is 114 cm³/mol. The van der Waals surface area contributed by atoms with Crippen molar-refractivity contribution < 1.29 is 14.3 Å². The van der Waals surface area contributed by atoms with Gasteiger partial charge in [-0.15, -0.1) is 0 Å². The molecule has 2 heterocycles. The fourth-order valence-corrected chi connectivity index (χ4v) is 3.21. The van der Waals surface area contributed by atoms with Crippen molar-refractivity contribution in [3.05, 3.63) is 83.6 Å². The van der Waals surface area contributed by atoms with Crippen molar-refractivity contribution in [2.24, 2.45) is 0 Å². The molecule has 0 atom stereocenters. The van der Waals surface area contributed by atoms with E-state index in [2.05, 4.69) is 15.4 Å². The Morgan fingerprint density at radius 3 is 2.57 bits per heavy atom. The van der Waals surface area contributed by atoms with Gasteiger partial charge in [0.15, 0.2) is 11.6 Å². The van der Waals surface area contributed by atoms with Crippen LogP contribution < -0.4 is 5.32 Å². The molecule has 7 heteroatoms. The van der Waals surface area contributed by atoms with Gasteiger partial charge in [0.1, 0.15) is 5.56 Å². The van der Waals surface area contributed by atoms with Crippen LogP contribution in [0.25, 0.3) is 16.7 Å². The van der Waals surface area contributed by atoms with Crippen molar-refractivity contribution in [2.45, 2.75) is 13.8 Å². The van der Waals surface area contributed by atoms with Crippen LogP contribution in [-0.4, -0.2) is 33.2 Å². The molecule has 1 amide bonds. The number of ether oxygens (including phenoxy) is 1. The van der Waals surface area contributed by atoms with Crippen LogP contribution in [0.2, 0.25) is 0 Å². The third-order valence-corrected chi connectivity index (χ3v) is 4.66. The number of rotatable bonds is 5. The zero-order valence-electron chi connectivity index (χ0n) is 16.6. The zero-order valence-corrected chi connectivity index (χ0v) is 16.6. The Balaban J connectivity index is 1.82. The minimum Gasteiger partial charge on any atom is -0.462 e. The summed E-state index contributed by atoms with van der Waals surface area (Å²) < 4.78 is 6.59. The standard InChI is InChI=1S/C23H20N4O3/c1-3-30-23(29)18-14-24-27(21(18)26-22(28)16-9-5-4-6-10-16)20-13-15(2)17-11-7-8-12-19(17)25-20/h4-14H,3H2,1-2H3,(H,26,28). The lowest BCUT2D eigenvalue weighted by Crippen LogP contribution is -2.18. The molecule has 0 aliphatic heterocycles. The molecule has 2 aromatic heterocycles. The van der Waals surface area contributed by atoms with Gasteiger partial charge in [-0.2, -0.15) is 9.78 Å². The average molecular weight is 400 g/mol. The first-order chi connectivity index (χ1) is 14.6. The molecule has 0 spiro atoms. The Kier molecular flexibility index (Phi) is 5.26. The number of benzene rings is 2. The molecule has 0 saturated carbocycles. The molecule has 0 radical (unpaired) electrons. The van der Waals surface area contributed by atoms with E-state index < -0.39 is 5.97 Å². The van der Waals surface area contributed by atoms with E-state index in [-0.39, 0.29) is 23.9 Å². The van der Waals surface area contributed by atoms with Gasteiger partial charge >= 0.3 is 5.97 Å². The van der Waals surface area contributed by atoms with Crippen LogP contribution in [0.1, 0.15) is 33.2 Å². The van der Waals surface area contributed by atoms with Crippen molar-refractivity contribution in [3.8, 4) is 5.82 Å². The van der Waals surface area contributed by atoms with Crippen molar-refractivity contribution in [3.63, 3.8) is 0 Å². The van der Waals surface area contributed by atoms with E-state index in [9.17, 15) is 9.59 Å². The smallest absolute Gasteiger partial charge is 0.343 e. The Labute approximate surface area is 173 Å². The number of nitrogens with zero attached hydrogens (tertiary/aromatic N) is 3. The molecule has 0 saturated heterocycles. The molecular weight excluding hydrogens is 380 g/mol. The first-order valence-corrected chi connectivity index (χ1v) is 9.56. The Hall–Kier alpha value is -4.00. The molecule has 0 unspecified atom stereocenters. The molecule has 150 valence electrons. The number of aryl methyl sites for hydroxylation is 1. The topological polar surface area (TPSA) is 86.1 Å². The number of hydrogen-bond donors (Lipinski definition) is 1. The molecule has 0 fully saturated rings. The van der Waals surface area contributed by atoms with Crippen LogP contribution in [0.15, 0.2) is 66.9 Å². The molecule has 4 rings (SSSR count). The molecule has 1 N–H and O–H groups in total. The minimum atomic E-state index is -0.565. The molecular formula is C23H20N4O3. The van der Waals surface area contributed by atoms with Gasteiger partial charge in [0.25, 0.3) is 5.91 Å². The number of hydrogen-bond acceptors (Lipinski definition) is 5. The van der Waals surface area contributed by atoms with Crippen LogP contribution in [0.3, 0.4) is 0 Å². The van der Waals surface area contributed by atoms with E-state index in [1.807, 2.05) is 43.3 Å². The number of esters is 1. The van der Waals surface area contributed by atoms with E-state index in [0.29, 0.717) is 11.4 Å². The Bertz CT molecular complexity index is 1230. The first kappa shape index (κ1) is 19.3. The number of nitrogens with one attached hydrogen (secondary N) is 1. The zero-order chi connectivity index (χ0) is 21.1. The molecule has 0 aliphatic rings. The number of fused-ring (bicyclic) bond motifs is 1. The van der Waals surface area contributed by atoms with Crippen molar-refractivity contribution in [1.82, 2.24) is 14.8 Å². The largest absolute Gasteiger partial charge is 0.462 e. The lowest BCUT2D eigenvalue weighted by Gasteiger charge is -2.12. The summed E-state index contributed by atoms with van der Waals surface area (Å²) in [5.41, 5.74) is 2.42. The van der Waals surface area contributed by atoms with Crippen molar-refractivity contribution in [2.75, 3.05) is 11.9 Å². The number of carbonyl (C=O) groups excluding carboxylic acids is 2. The minimum absolute atomic E-state index is 0.161. The third kappa shape index (κ3) is 3.65. The second-order valence-electron chi connectivity index (χ2n) is 6.67. The number of anilines is 1. The maximum Gasteiger partial charge on any atom is 0.343 e. The van der Waals surface area contributed by atoms with E-state index in [4.69, 9.17) is 4.74 Å². The van der Waals surface area contributed by atoms with E-state index in [0.717, 1.165) is 16.5 Å². The quantitative estimate of drug-likeness (QED) is 0.509. The first-order valence-electron chi connectivity index (χ1n) is 9.56. The number of aromatic nitrogens is 3. The monoisotopic (exact) mass is 400 g/mol. The lowest BCUT2D eigenvalue weighted by atomic mass is 10.1. The third-order valence-electron chi connectivity index (χ3n) is 4.66. The van der Waals surface area contributed by atoms with Gasteiger partial charge in [0.05, 0.1) is 18.3 Å². The highest BCUT2D eigenvalue weighted by Gasteiger charge is 2.23. The summed E-state index contributed by atoms with van der Waals surface area (Å²) in [6, 6.07) is 18.4. The van der Waals surface area contributed by atoms with E-state index in [1.54, 1.807) is 31.2 Å². The van der Waals surface area contributed by atoms with Gasteiger partial charge in [0, 0.05) is 10.9 Å². The second-order valence-corrected chi connectivity index (χ2v) is 6.67. The predicted octanol–water partition coefficient (Wildman–Crippen LogP) is 4.16. The van der Waals surface area contributed by atoms with E-state index >= 15 is 0 Å². The summed E-state index contributed by atoms with van der Waals surface area (Å²) in [4.78, 5) is 29.9. The number of pyridine rings is 1. The number of carbonyl (C=O) groups is 2. The Morgan fingerprint density at radius 2 is 1.80 bits per heavy atom. The van der Waals surface area contributed by atoms with Gasteiger partial charge < -0.3 is 10.1 Å². The summed E-state index contributed by atoms with van der Waals surface area (Å²) >= 11 is 0.